The summed E-state index contributed by atoms with van der Waals surface area (Å²) in [6.07, 6.45) is 2.44. The van der Waals surface area contributed by atoms with Gasteiger partial charge in [-0.15, -0.1) is 10.2 Å². The minimum Gasteiger partial charge on any atom is -0.412 e. The topological polar surface area (TPSA) is 80.4 Å². The normalized spacial score (nSPS) is 11.2. The summed E-state index contributed by atoms with van der Waals surface area (Å²) >= 11 is 0. The van der Waals surface area contributed by atoms with Crippen LogP contribution in [0, 0.1) is 5.92 Å². The van der Waals surface area contributed by atoms with Crippen LogP contribution in [0.15, 0.2) is 39.9 Å². The number of hydrogen-bond donors (Lipinski definition) is 1. The predicted molar refractivity (Wildman–Crippen MR) is 75.1 cm³/mol. The quantitative estimate of drug-likeness (QED) is 0.669. The third kappa shape index (κ3) is 3.74. The number of hydrogen-bond acceptors (Lipinski definition) is 5. The number of carbonyl (C=O) groups is 1. The summed E-state index contributed by atoms with van der Waals surface area (Å²) in [4.78, 5) is 11.7. The number of rotatable bonds is 5. The van der Waals surface area contributed by atoms with Gasteiger partial charge in [0.1, 0.15) is 0 Å². The van der Waals surface area contributed by atoms with Gasteiger partial charge in [-0.25, -0.2) is 5.43 Å². The fourth-order valence-corrected chi connectivity index (χ4v) is 1.43. The van der Waals surface area contributed by atoms with Gasteiger partial charge in [0.05, 0.1) is 0 Å². The molecule has 0 aliphatic rings. The summed E-state index contributed by atoms with van der Waals surface area (Å²) in [5, 5.41) is 11.4. The second-order valence-electron chi connectivity index (χ2n) is 4.66. The molecule has 0 atom stereocenters. The number of nitrogens with one attached hydrogen (secondary N) is 1. The first-order chi connectivity index (χ1) is 9.66. The second-order valence-corrected chi connectivity index (χ2v) is 4.66. The molecular formula is C14H16N4O2. The molecule has 0 unspecified atom stereocenters. The zero-order valence-electron chi connectivity index (χ0n) is 11.4. The molecule has 0 saturated carbocycles. The Morgan fingerprint density at radius 2 is 2.10 bits per heavy atom. The number of aromatic nitrogens is 2. The van der Waals surface area contributed by atoms with Gasteiger partial charge in [-0.2, -0.15) is 5.10 Å². The van der Waals surface area contributed by atoms with Gasteiger partial charge in [0.2, 0.25) is 5.89 Å². The summed E-state index contributed by atoms with van der Waals surface area (Å²) in [5.41, 5.74) is 3.12. The Balaban J connectivity index is 1.98. The zero-order chi connectivity index (χ0) is 14.4. The van der Waals surface area contributed by atoms with Crippen LogP contribution in [0.25, 0.3) is 11.5 Å². The third-order valence-corrected chi connectivity index (χ3v) is 2.47. The Morgan fingerprint density at radius 3 is 2.80 bits per heavy atom. The first-order valence-corrected chi connectivity index (χ1v) is 6.37. The molecule has 1 aromatic carbocycles. The highest BCUT2D eigenvalue weighted by Crippen LogP contribution is 2.16. The molecule has 6 heteroatoms. The highest BCUT2D eigenvalue weighted by Gasteiger charge is 2.14. The summed E-state index contributed by atoms with van der Waals surface area (Å²) < 4.78 is 5.30. The van der Waals surface area contributed by atoms with E-state index in [2.05, 4.69) is 34.6 Å². The average molecular weight is 272 g/mol. The maximum atomic E-state index is 11.7. The lowest BCUT2D eigenvalue weighted by Gasteiger charge is -1.96. The molecule has 0 aliphatic carbocycles. The van der Waals surface area contributed by atoms with E-state index in [4.69, 9.17) is 4.42 Å². The molecule has 0 fully saturated rings. The number of carbonyl (C=O) groups excluding carboxylic acids is 1. The number of nitrogens with zero attached hydrogens (tertiary/aromatic N) is 3. The van der Waals surface area contributed by atoms with E-state index in [1.807, 2.05) is 30.3 Å². The first kappa shape index (κ1) is 13.9. The predicted octanol–water partition coefficient (Wildman–Crippen LogP) is 2.50. The SMILES string of the molecule is CC(C)CC=NNC(=O)c1nnc(-c2ccccc2)o1. The highest BCUT2D eigenvalue weighted by atomic mass is 16.4. The average Bonchev–Trinajstić information content (AvgIpc) is 2.94. The van der Waals surface area contributed by atoms with Crippen molar-refractivity contribution in [3.05, 3.63) is 36.2 Å². The van der Waals surface area contributed by atoms with Crippen molar-refractivity contribution >= 4 is 12.1 Å². The van der Waals surface area contributed by atoms with E-state index in [-0.39, 0.29) is 5.89 Å². The van der Waals surface area contributed by atoms with E-state index in [9.17, 15) is 4.79 Å². The second kappa shape index (κ2) is 6.60. The molecule has 2 aromatic rings. The van der Waals surface area contributed by atoms with E-state index in [0.29, 0.717) is 11.8 Å². The van der Waals surface area contributed by atoms with Gasteiger partial charge >= 0.3 is 11.8 Å². The van der Waals surface area contributed by atoms with Crippen LogP contribution in [0.2, 0.25) is 0 Å². The van der Waals surface area contributed by atoms with Crippen molar-refractivity contribution < 1.29 is 9.21 Å². The van der Waals surface area contributed by atoms with Crippen LogP contribution in [-0.4, -0.2) is 22.3 Å². The lowest BCUT2D eigenvalue weighted by Crippen LogP contribution is -2.18. The molecule has 0 aliphatic heterocycles. The standard InChI is InChI=1S/C14H16N4O2/c1-10(2)8-9-15-16-12(19)14-18-17-13(20-14)11-6-4-3-5-7-11/h3-7,9-10H,8H2,1-2H3,(H,16,19). The van der Waals surface area contributed by atoms with Crippen LogP contribution in [-0.2, 0) is 0 Å². The van der Waals surface area contributed by atoms with E-state index in [0.717, 1.165) is 12.0 Å². The molecule has 0 saturated heterocycles. The molecule has 20 heavy (non-hydrogen) atoms. The Labute approximate surface area is 116 Å². The minimum absolute atomic E-state index is 0.106. The van der Waals surface area contributed by atoms with Crippen LogP contribution in [0.3, 0.4) is 0 Å². The molecule has 1 aromatic heterocycles. The summed E-state index contributed by atoms with van der Waals surface area (Å²) in [6, 6.07) is 9.26. The Kier molecular flexibility index (Phi) is 4.60. The fourth-order valence-electron chi connectivity index (χ4n) is 1.43. The van der Waals surface area contributed by atoms with E-state index in [1.165, 1.54) is 0 Å². The van der Waals surface area contributed by atoms with Gasteiger partial charge in [-0.1, -0.05) is 32.0 Å². The van der Waals surface area contributed by atoms with Crippen LogP contribution in [0.5, 0.6) is 0 Å². The maximum Gasteiger partial charge on any atom is 0.328 e. The monoisotopic (exact) mass is 272 g/mol. The van der Waals surface area contributed by atoms with E-state index >= 15 is 0 Å². The van der Waals surface area contributed by atoms with Gasteiger partial charge in [0.15, 0.2) is 0 Å². The lowest BCUT2D eigenvalue weighted by atomic mass is 10.2. The van der Waals surface area contributed by atoms with E-state index in [1.54, 1.807) is 6.21 Å². The molecule has 0 radical (unpaired) electrons. The Morgan fingerprint density at radius 1 is 1.35 bits per heavy atom. The molecule has 1 amide bonds. The van der Waals surface area contributed by atoms with Crippen LogP contribution < -0.4 is 5.43 Å². The molecule has 1 N–H and O–H groups in total. The lowest BCUT2D eigenvalue weighted by molar-refractivity contribution is 0.0921. The molecule has 0 bridgehead atoms. The molecular weight excluding hydrogens is 256 g/mol. The van der Waals surface area contributed by atoms with Crippen molar-refractivity contribution in [2.75, 3.05) is 0 Å². The fraction of sp³-hybridized carbons (Fsp3) is 0.286. The zero-order valence-corrected chi connectivity index (χ0v) is 11.4. The van der Waals surface area contributed by atoms with Gasteiger partial charge in [0, 0.05) is 11.8 Å². The van der Waals surface area contributed by atoms with Crippen LogP contribution in [0.1, 0.15) is 31.0 Å². The van der Waals surface area contributed by atoms with Gasteiger partial charge in [-0.05, 0) is 24.5 Å². The van der Waals surface area contributed by atoms with Gasteiger partial charge in [0.25, 0.3) is 0 Å². The van der Waals surface area contributed by atoms with Crippen molar-refractivity contribution in [2.45, 2.75) is 20.3 Å². The molecule has 1 heterocycles. The molecule has 6 nitrogen and oxygen atoms in total. The highest BCUT2D eigenvalue weighted by molar-refractivity contribution is 5.89. The number of amides is 1. The van der Waals surface area contributed by atoms with Crippen molar-refractivity contribution in [3.63, 3.8) is 0 Å². The van der Waals surface area contributed by atoms with Crippen molar-refractivity contribution in [1.29, 1.82) is 0 Å². The summed E-state index contributed by atoms with van der Waals surface area (Å²) in [5.74, 6) is 0.177. The van der Waals surface area contributed by atoms with Crippen molar-refractivity contribution in [1.82, 2.24) is 15.6 Å². The van der Waals surface area contributed by atoms with Gasteiger partial charge in [-0.3, -0.25) is 4.79 Å². The first-order valence-electron chi connectivity index (χ1n) is 6.37. The molecule has 104 valence electrons. The third-order valence-electron chi connectivity index (χ3n) is 2.47. The van der Waals surface area contributed by atoms with Crippen LogP contribution in [0.4, 0.5) is 0 Å². The summed E-state index contributed by atoms with van der Waals surface area (Å²) in [7, 11) is 0. The minimum atomic E-state index is -0.514. The van der Waals surface area contributed by atoms with Crippen LogP contribution >= 0.6 is 0 Å². The van der Waals surface area contributed by atoms with Crippen molar-refractivity contribution in [2.24, 2.45) is 11.0 Å². The van der Waals surface area contributed by atoms with E-state index < -0.39 is 5.91 Å². The van der Waals surface area contributed by atoms with Gasteiger partial charge < -0.3 is 4.42 Å². The maximum absolute atomic E-state index is 11.7. The summed E-state index contributed by atoms with van der Waals surface area (Å²) in [6.45, 7) is 4.13. The molecule has 2 rings (SSSR count). The largest absolute Gasteiger partial charge is 0.412 e. The number of hydrazone groups is 1. The van der Waals surface area contributed by atoms with Crippen molar-refractivity contribution in [3.8, 4) is 11.5 Å². The Hall–Kier alpha value is -2.50. The Bertz CT molecular complexity index is 590. The smallest absolute Gasteiger partial charge is 0.328 e. The molecule has 0 spiro atoms. The number of benzene rings is 1.